The van der Waals surface area contributed by atoms with E-state index in [0.717, 1.165) is 18.1 Å². The van der Waals surface area contributed by atoms with Crippen molar-refractivity contribution in [2.45, 2.75) is 32.0 Å². The van der Waals surface area contributed by atoms with Crippen LogP contribution in [0, 0.1) is 0 Å². The summed E-state index contributed by atoms with van der Waals surface area (Å²) in [5.41, 5.74) is 0. The maximum Gasteiger partial charge on any atom is 0.0395 e. The van der Waals surface area contributed by atoms with E-state index in [4.69, 9.17) is 0 Å². The van der Waals surface area contributed by atoms with Gasteiger partial charge in [0.1, 0.15) is 0 Å². The first-order chi connectivity index (χ1) is 4.30. The van der Waals surface area contributed by atoms with Crippen LogP contribution in [-0.2, 0) is 0 Å². The minimum atomic E-state index is 0.766. The molecule has 52 valence electrons. The Morgan fingerprint density at radius 2 is 1.89 bits per heavy atom. The molecule has 0 bridgehead atoms. The van der Waals surface area contributed by atoms with E-state index in [9.17, 15) is 0 Å². The van der Waals surface area contributed by atoms with Crippen LogP contribution < -0.4 is 5.32 Å². The van der Waals surface area contributed by atoms with E-state index >= 15 is 0 Å². The van der Waals surface area contributed by atoms with E-state index in [2.05, 4.69) is 24.1 Å². The van der Waals surface area contributed by atoms with Crippen LogP contribution >= 0.6 is 0 Å². The van der Waals surface area contributed by atoms with Gasteiger partial charge in [0.05, 0.1) is 0 Å². The topological polar surface area (TPSA) is 15.0 Å². The first-order valence-electron chi connectivity index (χ1n) is 3.79. The zero-order chi connectivity index (χ0) is 6.43. The summed E-state index contributed by atoms with van der Waals surface area (Å²) in [6.45, 7) is 7.00. The molecule has 2 atom stereocenters. The lowest BCUT2D eigenvalue weighted by molar-refractivity contribution is 0.367. The quantitative estimate of drug-likeness (QED) is 0.499. The Kier molecular flexibility index (Phi) is 1.08. The minimum absolute atomic E-state index is 0.766. The smallest absolute Gasteiger partial charge is 0.0395 e. The standard InChI is InChI=1S/C7H14N2/c1-5(2)9-6-3-8-4-7(6)9/h5-8H,3-4H2,1-2H3. The zero-order valence-electron chi connectivity index (χ0n) is 6.09. The Labute approximate surface area is 56.2 Å². The SMILES string of the molecule is CC(C)N1C2CNCC21. The molecule has 0 aliphatic carbocycles. The van der Waals surface area contributed by atoms with Crippen LogP contribution in [0.4, 0.5) is 0 Å². The number of hydrogen-bond acceptors (Lipinski definition) is 2. The van der Waals surface area contributed by atoms with Crippen molar-refractivity contribution in [3.63, 3.8) is 0 Å². The van der Waals surface area contributed by atoms with Crippen molar-refractivity contribution in [2.75, 3.05) is 13.1 Å². The van der Waals surface area contributed by atoms with Gasteiger partial charge in [-0.15, -0.1) is 0 Å². The average molecular weight is 126 g/mol. The molecule has 2 heterocycles. The van der Waals surface area contributed by atoms with Gasteiger partial charge in [-0.05, 0) is 13.8 Å². The lowest BCUT2D eigenvalue weighted by Crippen LogP contribution is -2.26. The fourth-order valence-corrected chi connectivity index (χ4v) is 1.98. The zero-order valence-corrected chi connectivity index (χ0v) is 6.09. The summed E-state index contributed by atoms with van der Waals surface area (Å²) >= 11 is 0. The molecule has 0 aromatic carbocycles. The fourth-order valence-electron chi connectivity index (χ4n) is 1.98. The third-order valence-electron chi connectivity index (χ3n) is 2.42. The molecule has 9 heavy (non-hydrogen) atoms. The summed E-state index contributed by atoms with van der Waals surface area (Å²) in [6, 6.07) is 2.55. The van der Waals surface area contributed by atoms with Crippen molar-refractivity contribution in [3.8, 4) is 0 Å². The highest BCUT2D eigenvalue weighted by atomic mass is 15.4. The summed E-state index contributed by atoms with van der Waals surface area (Å²) in [5.74, 6) is 0. The van der Waals surface area contributed by atoms with E-state index < -0.39 is 0 Å². The van der Waals surface area contributed by atoms with Crippen molar-refractivity contribution < 1.29 is 0 Å². The Morgan fingerprint density at radius 1 is 1.33 bits per heavy atom. The van der Waals surface area contributed by atoms with Crippen molar-refractivity contribution in [3.05, 3.63) is 0 Å². The lowest BCUT2D eigenvalue weighted by atomic mass is 10.4. The van der Waals surface area contributed by atoms with Crippen LogP contribution in [0.25, 0.3) is 0 Å². The van der Waals surface area contributed by atoms with Gasteiger partial charge >= 0.3 is 0 Å². The van der Waals surface area contributed by atoms with Gasteiger partial charge in [-0.25, -0.2) is 0 Å². The monoisotopic (exact) mass is 126 g/mol. The number of nitrogens with zero attached hydrogens (tertiary/aromatic N) is 1. The number of hydrogen-bond donors (Lipinski definition) is 1. The second-order valence-electron chi connectivity index (χ2n) is 3.33. The molecule has 0 amide bonds. The van der Waals surface area contributed by atoms with Crippen LogP contribution in [0.2, 0.25) is 0 Å². The Balaban J connectivity index is 1.94. The van der Waals surface area contributed by atoms with E-state index in [1.54, 1.807) is 0 Å². The van der Waals surface area contributed by atoms with E-state index in [1.165, 1.54) is 13.1 Å². The van der Waals surface area contributed by atoms with Crippen LogP contribution in [0.15, 0.2) is 0 Å². The molecule has 0 aromatic rings. The Morgan fingerprint density at radius 3 is 2.22 bits per heavy atom. The first kappa shape index (κ1) is 5.69. The molecule has 2 heteroatoms. The summed E-state index contributed by atoms with van der Waals surface area (Å²) in [7, 11) is 0. The van der Waals surface area contributed by atoms with Crippen molar-refractivity contribution >= 4 is 0 Å². The fraction of sp³-hybridized carbons (Fsp3) is 1.00. The second-order valence-corrected chi connectivity index (χ2v) is 3.33. The summed E-state index contributed by atoms with van der Waals surface area (Å²) in [5, 5.41) is 3.36. The van der Waals surface area contributed by atoms with Crippen molar-refractivity contribution in [1.82, 2.24) is 10.2 Å². The van der Waals surface area contributed by atoms with E-state index in [-0.39, 0.29) is 0 Å². The molecule has 2 aliphatic heterocycles. The predicted molar refractivity (Wildman–Crippen MR) is 37.4 cm³/mol. The minimum Gasteiger partial charge on any atom is -0.313 e. The first-order valence-corrected chi connectivity index (χ1v) is 3.79. The lowest BCUT2D eigenvalue weighted by Gasteiger charge is -2.10. The molecular weight excluding hydrogens is 112 g/mol. The van der Waals surface area contributed by atoms with Gasteiger partial charge in [0, 0.05) is 31.2 Å². The molecule has 2 aliphatic rings. The van der Waals surface area contributed by atoms with Gasteiger partial charge in [-0.2, -0.15) is 0 Å². The largest absolute Gasteiger partial charge is 0.313 e. The average Bonchev–Trinajstić information content (AvgIpc) is 2.30. The van der Waals surface area contributed by atoms with Crippen molar-refractivity contribution in [2.24, 2.45) is 0 Å². The summed E-state index contributed by atoms with van der Waals surface area (Å²) in [6.07, 6.45) is 0. The third kappa shape index (κ3) is 0.700. The second kappa shape index (κ2) is 1.70. The Bertz CT molecular complexity index is 112. The molecule has 2 saturated heterocycles. The molecule has 2 nitrogen and oxygen atoms in total. The molecular formula is C7H14N2. The number of nitrogens with one attached hydrogen (secondary N) is 1. The van der Waals surface area contributed by atoms with Gasteiger partial charge < -0.3 is 5.32 Å². The number of fused-ring (bicyclic) bond motifs is 1. The molecule has 2 fully saturated rings. The molecule has 0 saturated carbocycles. The highest BCUT2D eigenvalue weighted by Gasteiger charge is 2.51. The molecule has 1 N–H and O–H groups in total. The third-order valence-corrected chi connectivity index (χ3v) is 2.42. The van der Waals surface area contributed by atoms with E-state index in [0.29, 0.717) is 0 Å². The van der Waals surface area contributed by atoms with Gasteiger partial charge in [0.15, 0.2) is 0 Å². The molecule has 2 unspecified atom stereocenters. The maximum absolute atomic E-state index is 3.36. The van der Waals surface area contributed by atoms with Gasteiger partial charge in [0.25, 0.3) is 0 Å². The predicted octanol–water partition coefficient (Wildman–Crippen LogP) is 0.0508. The molecule has 0 radical (unpaired) electrons. The maximum atomic E-state index is 3.36. The van der Waals surface area contributed by atoms with Gasteiger partial charge in [-0.1, -0.05) is 0 Å². The van der Waals surface area contributed by atoms with Gasteiger partial charge in [0.2, 0.25) is 0 Å². The summed E-state index contributed by atoms with van der Waals surface area (Å²) < 4.78 is 0. The van der Waals surface area contributed by atoms with Crippen LogP contribution in [0.1, 0.15) is 13.8 Å². The van der Waals surface area contributed by atoms with Gasteiger partial charge in [-0.3, -0.25) is 4.90 Å². The molecule has 0 spiro atoms. The highest BCUT2D eigenvalue weighted by Crippen LogP contribution is 2.33. The highest BCUT2D eigenvalue weighted by molar-refractivity contribution is 5.10. The Hall–Kier alpha value is -0.0800. The van der Waals surface area contributed by atoms with Crippen LogP contribution in [0.5, 0.6) is 0 Å². The number of piperazine rings is 1. The number of rotatable bonds is 1. The van der Waals surface area contributed by atoms with E-state index in [1.807, 2.05) is 0 Å². The van der Waals surface area contributed by atoms with Crippen LogP contribution in [-0.4, -0.2) is 36.1 Å². The molecule has 2 rings (SSSR count). The van der Waals surface area contributed by atoms with Crippen molar-refractivity contribution in [1.29, 1.82) is 0 Å². The normalized spacial score (nSPS) is 47.7. The molecule has 0 aromatic heterocycles. The summed E-state index contributed by atoms with van der Waals surface area (Å²) in [4.78, 5) is 2.58. The van der Waals surface area contributed by atoms with Crippen LogP contribution in [0.3, 0.4) is 0 Å².